The molecule has 1 fully saturated rings. The van der Waals surface area contributed by atoms with E-state index < -0.39 is 66.1 Å². The van der Waals surface area contributed by atoms with Crippen molar-refractivity contribution in [2.75, 3.05) is 6.54 Å². The third kappa shape index (κ3) is 10.5. The second-order valence-corrected chi connectivity index (χ2v) is 11.1. The lowest BCUT2D eigenvalue weighted by molar-refractivity contribution is -0.196. The van der Waals surface area contributed by atoms with E-state index in [1.165, 1.54) is 48.6 Å². The molecule has 0 aromatic heterocycles. The van der Waals surface area contributed by atoms with Crippen LogP contribution in [0.3, 0.4) is 0 Å². The van der Waals surface area contributed by atoms with Gasteiger partial charge in [-0.15, -0.1) is 0 Å². The van der Waals surface area contributed by atoms with Crippen LogP contribution in [0.15, 0.2) is 48.6 Å². The molecule has 45 heavy (non-hydrogen) atoms. The maximum Gasteiger partial charge on any atom is 0.331 e. The number of carbonyl (C=O) groups is 3. The lowest BCUT2D eigenvalue weighted by Crippen LogP contribution is -2.60. The van der Waals surface area contributed by atoms with E-state index in [4.69, 9.17) is 9.47 Å². The highest BCUT2D eigenvalue weighted by atomic mass is 16.6. The molecule has 1 saturated carbocycles. The Bertz CT molecular complexity index is 1300. The highest BCUT2D eigenvalue weighted by Crippen LogP contribution is 2.34. The van der Waals surface area contributed by atoms with Gasteiger partial charge in [-0.05, 0) is 54.0 Å². The molecule has 0 bridgehead atoms. The standard InChI is InChI=1S/C33H41NO11/c1-2-3-4-5-6-7-16-34-32(42)33(43)19-27(44-29(39)14-10-21-8-12-23(35)25(37)17-21)31(41)28(20-33)45-30(40)15-11-22-9-13-24(36)26(38)18-22/h8-15,17-18,27-28,31,35-38,41,43H,2-7,16,19-20H2,1H3,(H,34,42)/b14-10+,15-11?/t27-,28-,31?,33?/m1/s1. The Balaban J connectivity index is 1.72. The zero-order valence-corrected chi connectivity index (χ0v) is 25.1. The summed E-state index contributed by atoms with van der Waals surface area (Å²) in [4.78, 5) is 38.4. The zero-order chi connectivity index (χ0) is 33.0. The van der Waals surface area contributed by atoms with Crippen molar-refractivity contribution in [1.82, 2.24) is 5.32 Å². The molecule has 12 heteroatoms. The Kier molecular flexibility index (Phi) is 12.8. The summed E-state index contributed by atoms with van der Waals surface area (Å²) in [5, 5.41) is 63.3. The predicted octanol–water partition coefficient (Wildman–Crippen LogP) is 3.42. The molecule has 0 radical (unpaired) electrons. The largest absolute Gasteiger partial charge is 0.504 e. The molecule has 1 aliphatic carbocycles. The van der Waals surface area contributed by atoms with Crippen molar-refractivity contribution in [3.8, 4) is 23.0 Å². The Morgan fingerprint density at radius 2 is 1.24 bits per heavy atom. The fraction of sp³-hybridized carbons (Fsp3) is 0.424. The summed E-state index contributed by atoms with van der Waals surface area (Å²) >= 11 is 0. The van der Waals surface area contributed by atoms with Crippen molar-refractivity contribution >= 4 is 30.0 Å². The van der Waals surface area contributed by atoms with Crippen molar-refractivity contribution in [3.05, 3.63) is 59.7 Å². The number of benzene rings is 2. The van der Waals surface area contributed by atoms with E-state index in [0.29, 0.717) is 24.1 Å². The van der Waals surface area contributed by atoms with Gasteiger partial charge in [-0.1, -0.05) is 51.2 Å². The monoisotopic (exact) mass is 627 g/mol. The van der Waals surface area contributed by atoms with Crippen molar-refractivity contribution in [3.63, 3.8) is 0 Å². The lowest BCUT2D eigenvalue weighted by Gasteiger charge is -2.41. The van der Waals surface area contributed by atoms with Crippen LogP contribution in [0.2, 0.25) is 0 Å². The minimum atomic E-state index is -2.14. The number of aliphatic hydroxyl groups excluding tert-OH is 1. The number of hydrogen-bond acceptors (Lipinski definition) is 11. The van der Waals surface area contributed by atoms with Crippen LogP contribution < -0.4 is 5.32 Å². The third-order valence-corrected chi connectivity index (χ3v) is 7.44. The van der Waals surface area contributed by atoms with Gasteiger partial charge < -0.3 is 45.4 Å². The molecule has 2 aromatic carbocycles. The van der Waals surface area contributed by atoms with Crippen molar-refractivity contribution in [2.24, 2.45) is 0 Å². The third-order valence-electron chi connectivity index (χ3n) is 7.44. The van der Waals surface area contributed by atoms with Gasteiger partial charge in [0.25, 0.3) is 5.91 Å². The van der Waals surface area contributed by atoms with Crippen LogP contribution in [0.25, 0.3) is 12.2 Å². The van der Waals surface area contributed by atoms with E-state index in [1.807, 2.05) is 0 Å². The number of esters is 2. The van der Waals surface area contributed by atoms with Crippen molar-refractivity contribution in [2.45, 2.75) is 82.2 Å². The highest BCUT2D eigenvalue weighted by molar-refractivity contribution is 5.89. The first-order valence-corrected chi connectivity index (χ1v) is 14.9. The van der Waals surface area contributed by atoms with Gasteiger partial charge in [0.1, 0.15) is 23.9 Å². The minimum absolute atomic E-state index is 0.301. The summed E-state index contributed by atoms with van der Waals surface area (Å²) in [5.74, 6) is -4.12. The van der Waals surface area contributed by atoms with E-state index in [2.05, 4.69) is 12.2 Å². The molecule has 4 atom stereocenters. The van der Waals surface area contributed by atoms with Crippen LogP contribution in [0.4, 0.5) is 0 Å². The van der Waals surface area contributed by atoms with E-state index >= 15 is 0 Å². The molecule has 0 spiro atoms. The molecule has 3 rings (SSSR count). The second-order valence-electron chi connectivity index (χ2n) is 11.1. The van der Waals surface area contributed by atoms with Crippen LogP contribution in [0, 0.1) is 0 Å². The van der Waals surface area contributed by atoms with Gasteiger partial charge in [0.15, 0.2) is 23.0 Å². The molecule has 0 aliphatic heterocycles. The zero-order valence-electron chi connectivity index (χ0n) is 25.1. The van der Waals surface area contributed by atoms with Crippen LogP contribution in [0.1, 0.15) is 69.4 Å². The summed E-state index contributed by atoms with van der Waals surface area (Å²) in [6.07, 6.45) is 5.13. The van der Waals surface area contributed by atoms with E-state index in [-0.39, 0.29) is 11.5 Å². The highest BCUT2D eigenvalue weighted by Gasteiger charge is 2.52. The topological polar surface area (TPSA) is 203 Å². The number of phenols is 4. The van der Waals surface area contributed by atoms with Gasteiger partial charge >= 0.3 is 11.9 Å². The van der Waals surface area contributed by atoms with Crippen molar-refractivity contribution in [1.29, 1.82) is 0 Å². The van der Waals surface area contributed by atoms with Crippen LogP contribution in [0.5, 0.6) is 23.0 Å². The van der Waals surface area contributed by atoms with Gasteiger partial charge in [0.05, 0.1) is 0 Å². The van der Waals surface area contributed by atoms with Gasteiger partial charge in [-0.25, -0.2) is 9.59 Å². The maximum absolute atomic E-state index is 13.1. The summed E-state index contributed by atoms with van der Waals surface area (Å²) in [7, 11) is 0. The number of amides is 1. The fourth-order valence-corrected chi connectivity index (χ4v) is 4.90. The Hall–Kier alpha value is -4.55. The number of unbranched alkanes of at least 4 members (excludes halogenated alkanes) is 5. The number of rotatable bonds is 14. The summed E-state index contributed by atoms with van der Waals surface area (Å²) < 4.78 is 10.8. The first kappa shape index (κ1) is 34.9. The molecule has 1 aliphatic rings. The van der Waals surface area contributed by atoms with Gasteiger partial charge in [-0.3, -0.25) is 4.79 Å². The molecular weight excluding hydrogens is 586 g/mol. The average molecular weight is 628 g/mol. The van der Waals surface area contributed by atoms with Crippen LogP contribution in [-0.2, 0) is 23.9 Å². The number of nitrogens with one attached hydrogen (secondary N) is 1. The van der Waals surface area contributed by atoms with E-state index in [1.54, 1.807) is 0 Å². The molecule has 2 unspecified atom stereocenters. The normalized spacial score (nSPS) is 21.5. The number of aromatic hydroxyl groups is 4. The number of aliphatic hydroxyl groups is 2. The number of phenolic OH excluding ortho intramolecular Hbond substituents is 4. The molecule has 0 heterocycles. The molecule has 244 valence electrons. The second kappa shape index (κ2) is 16.5. The Morgan fingerprint density at radius 1 is 0.778 bits per heavy atom. The molecular formula is C33H41NO11. The smallest absolute Gasteiger partial charge is 0.331 e. The predicted molar refractivity (Wildman–Crippen MR) is 164 cm³/mol. The molecule has 12 nitrogen and oxygen atoms in total. The fourth-order valence-electron chi connectivity index (χ4n) is 4.90. The first-order valence-electron chi connectivity index (χ1n) is 14.9. The summed E-state index contributed by atoms with van der Waals surface area (Å²) in [6, 6.07) is 7.75. The first-order chi connectivity index (χ1) is 21.4. The van der Waals surface area contributed by atoms with Crippen LogP contribution >= 0.6 is 0 Å². The average Bonchev–Trinajstić information content (AvgIpc) is 3.00. The number of hydrogen-bond donors (Lipinski definition) is 7. The SMILES string of the molecule is CCCCCCCCNC(=O)C1(O)C[C@@H](OC(=O)C=Cc2ccc(O)c(O)c2)C(O)[C@H](OC(=O)/C=C/c2ccc(O)c(O)c2)C1. The Morgan fingerprint density at radius 3 is 1.71 bits per heavy atom. The molecule has 1 amide bonds. The maximum atomic E-state index is 13.1. The number of ether oxygens (including phenoxy) is 2. The lowest BCUT2D eigenvalue weighted by atomic mass is 9.78. The van der Waals surface area contributed by atoms with E-state index in [9.17, 15) is 45.0 Å². The summed E-state index contributed by atoms with van der Waals surface area (Å²) in [6.45, 7) is 2.42. The summed E-state index contributed by atoms with van der Waals surface area (Å²) in [5.41, 5.74) is -1.42. The van der Waals surface area contributed by atoms with E-state index in [0.717, 1.165) is 44.3 Å². The van der Waals surface area contributed by atoms with Crippen LogP contribution in [-0.4, -0.2) is 78.9 Å². The molecule has 0 saturated heterocycles. The Labute approximate surface area is 261 Å². The molecule has 7 N–H and O–H groups in total. The van der Waals surface area contributed by atoms with Gasteiger partial charge in [0, 0.05) is 31.5 Å². The minimum Gasteiger partial charge on any atom is -0.504 e. The number of carbonyl (C=O) groups excluding carboxylic acids is 3. The van der Waals surface area contributed by atoms with Crippen molar-refractivity contribution < 1.29 is 54.5 Å². The van der Waals surface area contributed by atoms with Gasteiger partial charge in [-0.2, -0.15) is 0 Å². The quantitative estimate of drug-likeness (QED) is 0.0700. The van der Waals surface area contributed by atoms with Gasteiger partial charge in [0.2, 0.25) is 0 Å². The molecule has 2 aromatic rings.